The van der Waals surface area contributed by atoms with Crippen molar-refractivity contribution >= 4 is 40.0 Å². The Labute approximate surface area is 160 Å². The van der Waals surface area contributed by atoms with Crippen LogP contribution in [0.2, 0.25) is 0 Å². The highest BCUT2D eigenvalue weighted by atomic mass is 79.9. The molecule has 26 heavy (non-hydrogen) atoms. The van der Waals surface area contributed by atoms with E-state index in [1.54, 1.807) is 19.3 Å². The smallest absolute Gasteiger partial charge is 0.259 e. The van der Waals surface area contributed by atoms with Crippen molar-refractivity contribution in [1.82, 2.24) is 10.7 Å². The van der Waals surface area contributed by atoms with Crippen LogP contribution in [0.1, 0.15) is 11.1 Å². The van der Waals surface area contributed by atoms with Crippen molar-refractivity contribution < 1.29 is 14.3 Å². The van der Waals surface area contributed by atoms with Gasteiger partial charge in [-0.1, -0.05) is 46.3 Å². The highest BCUT2D eigenvalue weighted by Gasteiger charge is 2.03. The van der Waals surface area contributed by atoms with Crippen molar-refractivity contribution in [3.63, 3.8) is 0 Å². The fraction of sp³-hybridized carbons (Fsp3) is 0.105. The van der Waals surface area contributed by atoms with E-state index < -0.39 is 5.91 Å². The molecule has 0 spiro atoms. The molecule has 0 bridgehead atoms. The predicted octanol–water partition coefficient (Wildman–Crippen LogP) is 2.74. The van der Waals surface area contributed by atoms with Crippen LogP contribution in [0, 0.1) is 0 Å². The molecule has 0 aliphatic rings. The molecule has 2 rings (SSSR count). The lowest BCUT2D eigenvalue weighted by Crippen LogP contribution is -2.34. The maximum Gasteiger partial charge on any atom is 0.259 e. The number of carbonyl (C=O) groups excluding carboxylic acids is 2. The number of hydrogen-bond donors (Lipinski definition) is 2. The van der Waals surface area contributed by atoms with Gasteiger partial charge in [-0.3, -0.25) is 9.59 Å². The van der Waals surface area contributed by atoms with Gasteiger partial charge in [0, 0.05) is 16.1 Å². The number of carbonyl (C=O) groups is 2. The van der Waals surface area contributed by atoms with E-state index >= 15 is 0 Å². The summed E-state index contributed by atoms with van der Waals surface area (Å²) in [4.78, 5) is 23.5. The molecule has 0 aliphatic carbocycles. The zero-order chi connectivity index (χ0) is 18.8. The topological polar surface area (TPSA) is 79.8 Å². The van der Waals surface area contributed by atoms with E-state index in [9.17, 15) is 9.59 Å². The molecular weight excluding hydrogens is 398 g/mol. The Balaban J connectivity index is 1.78. The van der Waals surface area contributed by atoms with Gasteiger partial charge in [0.2, 0.25) is 5.91 Å². The normalized spacial score (nSPS) is 10.8. The summed E-state index contributed by atoms with van der Waals surface area (Å²) in [7, 11) is 1.56. The third-order valence-corrected chi connectivity index (χ3v) is 3.72. The average molecular weight is 416 g/mol. The van der Waals surface area contributed by atoms with E-state index in [0.717, 1.165) is 15.6 Å². The van der Waals surface area contributed by atoms with Crippen LogP contribution in [0.15, 0.2) is 64.2 Å². The number of para-hydroxylation sites is 1. The Morgan fingerprint density at radius 3 is 2.77 bits per heavy atom. The van der Waals surface area contributed by atoms with E-state index in [1.807, 2.05) is 42.5 Å². The number of amides is 2. The molecule has 0 aromatic heterocycles. The Bertz CT molecular complexity index is 834. The molecule has 0 fully saturated rings. The van der Waals surface area contributed by atoms with Crippen LogP contribution in [-0.2, 0) is 9.59 Å². The van der Waals surface area contributed by atoms with E-state index in [2.05, 4.69) is 31.8 Å². The minimum atomic E-state index is -0.421. The van der Waals surface area contributed by atoms with Gasteiger partial charge in [-0.2, -0.15) is 5.10 Å². The van der Waals surface area contributed by atoms with E-state index in [4.69, 9.17) is 4.74 Å². The number of nitrogens with zero attached hydrogens (tertiary/aromatic N) is 1. The highest BCUT2D eigenvalue weighted by molar-refractivity contribution is 9.10. The predicted molar refractivity (Wildman–Crippen MR) is 105 cm³/mol. The van der Waals surface area contributed by atoms with Crippen molar-refractivity contribution in [1.29, 1.82) is 0 Å². The fourth-order valence-electron chi connectivity index (χ4n) is 2.00. The zero-order valence-corrected chi connectivity index (χ0v) is 15.7. The first-order chi connectivity index (χ1) is 12.6. The fourth-order valence-corrected chi connectivity index (χ4v) is 2.42. The summed E-state index contributed by atoms with van der Waals surface area (Å²) in [6, 6.07) is 14.8. The van der Waals surface area contributed by atoms with Crippen molar-refractivity contribution in [2.45, 2.75) is 0 Å². The Morgan fingerprint density at radius 2 is 2.00 bits per heavy atom. The number of benzene rings is 2. The first-order valence-corrected chi connectivity index (χ1v) is 8.54. The van der Waals surface area contributed by atoms with Gasteiger partial charge >= 0.3 is 0 Å². The number of rotatable bonds is 7. The second kappa shape index (κ2) is 10.1. The van der Waals surface area contributed by atoms with Gasteiger partial charge in [-0.05, 0) is 29.8 Å². The third kappa shape index (κ3) is 6.52. The molecule has 0 atom stereocenters. The van der Waals surface area contributed by atoms with Gasteiger partial charge in [0.1, 0.15) is 5.75 Å². The van der Waals surface area contributed by atoms with Crippen LogP contribution >= 0.6 is 15.9 Å². The average Bonchev–Trinajstić information content (AvgIpc) is 2.65. The minimum absolute atomic E-state index is 0.176. The van der Waals surface area contributed by atoms with Crippen LogP contribution in [0.5, 0.6) is 5.75 Å². The number of nitrogens with one attached hydrogen (secondary N) is 2. The molecule has 0 unspecified atom stereocenters. The van der Waals surface area contributed by atoms with Gasteiger partial charge < -0.3 is 10.1 Å². The van der Waals surface area contributed by atoms with Crippen molar-refractivity contribution in [2.24, 2.45) is 5.10 Å². The van der Waals surface area contributed by atoms with Crippen LogP contribution < -0.4 is 15.5 Å². The molecule has 0 radical (unpaired) electrons. The van der Waals surface area contributed by atoms with E-state index in [-0.39, 0.29) is 12.5 Å². The van der Waals surface area contributed by atoms with Crippen LogP contribution in [0.25, 0.3) is 6.08 Å². The highest BCUT2D eigenvalue weighted by Crippen LogP contribution is 2.18. The molecule has 134 valence electrons. The monoisotopic (exact) mass is 415 g/mol. The van der Waals surface area contributed by atoms with E-state index in [1.165, 1.54) is 12.3 Å². The molecule has 2 aromatic rings. The van der Waals surface area contributed by atoms with Crippen LogP contribution in [0.3, 0.4) is 0 Å². The van der Waals surface area contributed by atoms with Gasteiger partial charge in [-0.15, -0.1) is 0 Å². The lowest BCUT2D eigenvalue weighted by molar-refractivity contribution is -0.123. The third-order valence-electron chi connectivity index (χ3n) is 3.23. The summed E-state index contributed by atoms with van der Waals surface area (Å²) >= 11 is 3.35. The molecule has 0 heterocycles. The van der Waals surface area contributed by atoms with Crippen molar-refractivity contribution in [3.05, 3.63) is 70.2 Å². The summed E-state index contributed by atoms with van der Waals surface area (Å²) in [5, 5.41) is 6.33. The quantitative estimate of drug-likeness (QED) is 0.414. The van der Waals surface area contributed by atoms with Gasteiger partial charge in [0.15, 0.2) is 0 Å². The lowest BCUT2D eigenvalue weighted by atomic mass is 10.2. The Morgan fingerprint density at radius 1 is 1.19 bits per heavy atom. The number of hydrogen-bond acceptors (Lipinski definition) is 4. The van der Waals surface area contributed by atoms with E-state index in [0.29, 0.717) is 5.75 Å². The molecule has 6 nitrogen and oxygen atoms in total. The number of halogens is 1. The molecule has 0 saturated heterocycles. The lowest BCUT2D eigenvalue weighted by Gasteiger charge is -2.04. The summed E-state index contributed by atoms with van der Waals surface area (Å²) in [6.45, 7) is -0.176. The first-order valence-electron chi connectivity index (χ1n) is 7.75. The summed E-state index contributed by atoms with van der Waals surface area (Å²) in [6.07, 6.45) is 4.49. The largest absolute Gasteiger partial charge is 0.496 e. The Hall–Kier alpha value is -2.93. The van der Waals surface area contributed by atoms with Crippen molar-refractivity contribution in [2.75, 3.05) is 13.7 Å². The minimum Gasteiger partial charge on any atom is -0.496 e. The molecule has 0 aliphatic heterocycles. The molecule has 0 saturated carbocycles. The van der Waals surface area contributed by atoms with Crippen molar-refractivity contribution in [3.8, 4) is 5.75 Å². The molecule has 7 heteroatoms. The number of ether oxygens (including phenoxy) is 1. The summed E-state index contributed by atoms with van der Waals surface area (Å²) in [5.41, 5.74) is 3.96. The van der Waals surface area contributed by atoms with Gasteiger partial charge in [-0.25, -0.2) is 5.43 Å². The van der Waals surface area contributed by atoms with Gasteiger partial charge in [0.25, 0.3) is 5.91 Å². The van der Waals surface area contributed by atoms with Crippen LogP contribution in [0.4, 0.5) is 0 Å². The van der Waals surface area contributed by atoms with Crippen LogP contribution in [-0.4, -0.2) is 31.7 Å². The summed E-state index contributed by atoms with van der Waals surface area (Å²) in [5.74, 6) is -0.145. The second-order valence-electron chi connectivity index (χ2n) is 5.14. The summed E-state index contributed by atoms with van der Waals surface area (Å²) < 4.78 is 6.12. The molecule has 2 amide bonds. The molecular formula is C19H18BrN3O3. The maximum atomic E-state index is 11.8. The molecule has 2 N–H and O–H groups in total. The van der Waals surface area contributed by atoms with Gasteiger partial charge in [0.05, 0.1) is 19.9 Å². The molecule has 2 aromatic carbocycles. The number of hydrazone groups is 1. The maximum absolute atomic E-state index is 11.8. The SMILES string of the molecule is COc1ccccc1C=CC(=O)NCC(=O)NN=Cc1cccc(Br)c1. The first kappa shape index (κ1) is 19.4. The second-order valence-corrected chi connectivity index (χ2v) is 6.06. The Kier molecular flexibility index (Phi) is 7.57. The number of methoxy groups -OCH3 is 1. The standard InChI is InChI=1S/C19H18BrN3O3/c1-26-17-8-3-2-6-15(17)9-10-18(24)21-13-19(25)23-22-12-14-5-4-7-16(20)11-14/h2-12H,13H2,1H3,(H,21,24)(H,23,25). The zero-order valence-electron chi connectivity index (χ0n) is 14.1.